The number of nitrogens with zero attached hydrogens (tertiary/aromatic N) is 2. The fraction of sp³-hybridized carbons (Fsp3) is 0.438. The fourth-order valence-electron chi connectivity index (χ4n) is 2.22. The lowest BCUT2D eigenvalue weighted by Gasteiger charge is -2.18. The maximum atomic E-state index is 5.94. The highest BCUT2D eigenvalue weighted by atomic mass is 16.5. The topological polar surface area (TPSA) is 48.3 Å². The van der Waals surface area contributed by atoms with E-state index in [0.29, 0.717) is 6.61 Å². The van der Waals surface area contributed by atoms with Crippen molar-refractivity contribution >= 4 is 0 Å². The molecule has 1 N–H and O–H groups in total. The third kappa shape index (κ3) is 4.23. The van der Waals surface area contributed by atoms with Crippen LogP contribution in [0.2, 0.25) is 0 Å². The summed E-state index contributed by atoms with van der Waals surface area (Å²) in [6.45, 7) is 6.43. The first-order valence-corrected chi connectivity index (χ1v) is 7.26. The Hall–Kier alpha value is -2.01. The van der Waals surface area contributed by atoms with E-state index in [9.17, 15) is 0 Å². The normalized spacial score (nSPS) is 12.1. The number of hydrogen-bond acceptors (Lipinski definition) is 4. The summed E-state index contributed by atoms with van der Waals surface area (Å²) < 4.78 is 13.1. The molecule has 0 saturated heterocycles. The van der Waals surface area contributed by atoms with E-state index < -0.39 is 0 Å². The van der Waals surface area contributed by atoms with E-state index in [1.54, 1.807) is 13.3 Å². The summed E-state index contributed by atoms with van der Waals surface area (Å²) in [5.41, 5.74) is 1.14. The Bertz CT molecular complexity index is 540. The van der Waals surface area contributed by atoms with E-state index in [1.165, 1.54) is 0 Å². The van der Waals surface area contributed by atoms with Crippen molar-refractivity contribution in [3.8, 4) is 11.5 Å². The molecule has 0 saturated carbocycles. The Morgan fingerprint density at radius 1 is 1.38 bits per heavy atom. The molecule has 0 bridgehead atoms. The second-order valence-electron chi connectivity index (χ2n) is 4.80. The lowest BCUT2D eigenvalue weighted by Crippen LogP contribution is -2.19. The van der Waals surface area contributed by atoms with Crippen molar-refractivity contribution < 1.29 is 9.47 Å². The van der Waals surface area contributed by atoms with Crippen LogP contribution in [-0.4, -0.2) is 30.0 Å². The first kappa shape index (κ1) is 15.4. The van der Waals surface area contributed by atoms with Crippen LogP contribution in [0.25, 0.3) is 0 Å². The number of nitrogens with one attached hydrogen (secondary N) is 1. The molecule has 1 aromatic heterocycles. The van der Waals surface area contributed by atoms with Crippen LogP contribution in [-0.2, 0) is 6.54 Å². The predicted octanol–water partition coefficient (Wildman–Crippen LogP) is 2.64. The summed E-state index contributed by atoms with van der Waals surface area (Å²) in [7, 11) is 1.66. The van der Waals surface area contributed by atoms with Crippen LogP contribution in [0.1, 0.15) is 25.5 Å². The molecule has 21 heavy (non-hydrogen) atoms. The third-order valence-electron chi connectivity index (χ3n) is 3.33. The minimum Gasteiger partial charge on any atom is -0.497 e. The minimum absolute atomic E-state index is 0.237. The molecule has 2 aromatic rings. The standard InChI is InChI=1S/C16H23N3O2/c1-4-17-13(2)15-7-6-14(20-3)12-16(15)21-11-10-19-9-5-8-18-19/h5-9,12-13,17H,4,10-11H2,1-3H3. The Morgan fingerprint density at radius 2 is 2.24 bits per heavy atom. The molecule has 5 heteroatoms. The quantitative estimate of drug-likeness (QED) is 0.811. The maximum absolute atomic E-state index is 5.94. The maximum Gasteiger partial charge on any atom is 0.127 e. The van der Waals surface area contributed by atoms with Gasteiger partial charge in [0.1, 0.15) is 18.1 Å². The van der Waals surface area contributed by atoms with Gasteiger partial charge in [-0.25, -0.2) is 0 Å². The number of aromatic nitrogens is 2. The molecule has 0 spiro atoms. The third-order valence-corrected chi connectivity index (χ3v) is 3.33. The highest BCUT2D eigenvalue weighted by Gasteiger charge is 2.12. The van der Waals surface area contributed by atoms with Crippen molar-refractivity contribution in [3.63, 3.8) is 0 Å². The van der Waals surface area contributed by atoms with Crippen LogP contribution in [0, 0.1) is 0 Å². The molecule has 1 atom stereocenters. The van der Waals surface area contributed by atoms with E-state index >= 15 is 0 Å². The second-order valence-corrected chi connectivity index (χ2v) is 4.80. The van der Waals surface area contributed by atoms with Gasteiger partial charge in [0.05, 0.1) is 13.7 Å². The van der Waals surface area contributed by atoms with Gasteiger partial charge in [-0.05, 0) is 25.6 Å². The van der Waals surface area contributed by atoms with Crippen molar-refractivity contribution in [2.75, 3.05) is 20.3 Å². The van der Waals surface area contributed by atoms with E-state index in [-0.39, 0.29) is 6.04 Å². The summed E-state index contributed by atoms with van der Waals surface area (Å²) in [6.07, 6.45) is 3.70. The van der Waals surface area contributed by atoms with Crippen molar-refractivity contribution in [2.45, 2.75) is 26.4 Å². The zero-order chi connectivity index (χ0) is 15.1. The summed E-state index contributed by atoms with van der Waals surface area (Å²) in [5.74, 6) is 1.66. The molecule has 2 rings (SSSR count). The summed E-state index contributed by atoms with van der Waals surface area (Å²) in [6, 6.07) is 8.09. The Balaban J connectivity index is 2.06. The molecule has 0 fully saturated rings. The molecular weight excluding hydrogens is 266 g/mol. The van der Waals surface area contributed by atoms with Crippen LogP contribution >= 0.6 is 0 Å². The van der Waals surface area contributed by atoms with Crippen molar-refractivity contribution in [1.82, 2.24) is 15.1 Å². The molecule has 114 valence electrons. The Labute approximate surface area is 125 Å². The van der Waals surface area contributed by atoms with Crippen molar-refractivity contribution in [1.29, 1.82) is 0 Å². The highest BCUT2D eigenvalue weighted by Crippen LogP contribution is 2.29. The lowest BCUT2D eigenvalue weighted by atomic mass is 10.1. The number of methoxy groups -OCH3 is 1. The number of benzene rings is 1. The van der Waals surface area contributed by atoms with Crippen LogP contribution in [0.5, 0.6) is 11.5 Å². The van der Waals surface area contributed by atoms with Gasteiger partial charge in [-0.15, -0.1) is 0 Å². The lowest BCUT2D eigenvalue weighted by molar-refractivity contribution is 0.284. The molecular formula is C16H23N3O2. The summed E-state index contributed by atoms with van der Waals surface area (Å²) in [5, 5.41) is 7.57. The van der Waals surface area contributed by atoms with Crippen molar-refractivity contribution in [3.05, 3.63) is 42.2 Å². The van der Waals surface area contributed by atoms with Crippen LogP contribution in [0.4, 0.5) is 0 Å². The minimum atomic E-state index is 0.237. The van der Waals surface area contributed by atoms with E-state index in [1.807, 2.05) is 29.1 Å². The molecule has 0 aliphatic heterocycles. The van der Waals surface area contributed by atoms with Gasteiger partial charge in [-0.3, -0.25) is 4.68 Å². The van der Waals surface area contributed by atoms with Gasteiger partial charge in [0.2, 0.25) is 0 Å². The van der Waals surface area contributed by atoms with Crippen LogP contribution < -0.4 is 14.8 Å². The largest absolute Gasteiger partial charge is 0.497 e. The van der Waals surface area contributed by atoms with E-state index in [2.05, 4.69) is 30.3 Å². The average Bonchev–Trinajstić information content (AvgIpc) is 3.00. The zero-order valence-corrected chi connectivity index (χ0v) is 12.9. The van der Waals surface area contributed by atoms with E-state index in [0.717, 1.165) is 30.2 Å². The smallest absolute Gasteiger partial charge is 0.127 e. The van der Waals surface area contributed by atoms with Crippen LogP contribution in [0.3, 0.4) is 0 Å². The molecule has 5 nitrogen and oxygen atoms in total. The fourth-order valence-corrected chi connectivity index (χ4v) is 2.22. The summed E-state index contributed by atoms with van der Waals surface area (Å²) in [4.78, 5) is 0. The van der Waals surface area contributed by atoms with Gasteiger partial charge in [0, 0.05) is 30.1 Å². The number of rotatable bonds is 8. The monoisotopic (exact) mass is 289 g/mol. The molecule has 0 aliphatic rings. The molecule has 1 aromatic carbocycles. The first-order chi connectivity index (χ1) is 10.2. The van der Waals surface area contributed by atoms with Gasteiger partial charge in [-0.2, -0.15) is 5.10 Å². The van der Waals surface area contributed by atoms with Crippen molar-refractivity contribution in [2.24, 2.45) is 0 Å². The molecule has 0 radical (unpaired) electrons. The Kier molecular flexibility index (Phi) is 5.63. The van der Waals surface area contributed by atoms with Gasteiger partial charge in [-0.1, -0.05) is 13.0 Å². The van der Waals surface area contributed by atoms with Gasteiger partial charge in [0.15, 0.2) is 0 Å². The molecule has 0 amide bonds. The number of hydrogen-bond donors (Lipinski definition) is 1. The molecule has 0 aliphatic carbocycles. The average molecular weight is 289 g/mol. The molecule has 1 unspecified atom stereocenters. The Morgan fingerprint density at radius 3 is 2.90 bits per heavy atom. The molecule has 1 heterocycles. The first-order valence-electron chi connectivity index (χ1n) is 7.26. The van der Waals surface area contributed by atoms with Gasteiger partial charge >= 0.3 is 0 Å². The predicted molar refractivity (Wildman–Crippen MR) is 82.8 cm³/mol. The van der Waals surface area contributed by atoms with Crippen LogP contribution in [0.15, 0.2) is 36.7 Å². The highest BCUT2D eigenvalue weighted by molar-refractivity contribution is 5.42. The van der Waals surface area contributed by atoms with Gasteiger partial charge < -0.3 is 14.8 Å². The zero-order valence-electron chi connectivity index (χ0n) is 12.9. The van der Waals surface area contributed by atoms with E-state index in [4.69, 9.17) is 9.47 Å². The second kappa shape index (κ2) is 7.69. The summed E-state index contributed by atoms with van der Waals surface area (Å²) >= 11 is 0. The SMILES string of the molecule is CCNC(C)c1ccc(OC)cc1OCCn1cccn1. The number of ether oxygens (including phenoxy) is 2. The van der Waals surface area contributed by atoms with Gasteiger partial charge in [0.25, 0.3) is 0 Å².